The second-order valence-electron chi connectivity index (χ2n) is 6.26. The third-order valence-electron chi connectivity index (χ3n) is 4.28. The highest BCUT2D eigenvalue weighted by Gasteiger charge is 2.49. The summed E-state index contributed by atoms with van der Waals surface area (Å²) in [6.45, 7) is 2.89. The monoisotopic (exact) mass is 390 g/mol. The van der Waals surface area contributed by atoms with Crippen molar-refractivity contribution in [1.29, 1.82) is 0 Å². The Morgan fingerprint density at radius 1 is 1.38 bits per heavy atom. The van der Waals surface area contributed by atoms with Crippen LogP contribution in [0.3, 0.4) is 0 Å². The number of hydrogen-bond donors (Lipinski definition) is 2. The van der Waals surface area contributed by atoms with E-state index >= 15 is 0 Å². The second-order valence-corrected chi connectivity index (χ2v) is 6.26. The zero-order valence-corrected chi connectivity index (χ0v) is 15.1. The van der Waals surface area contributed by atoms with E-state index in [1.807, 2.05) is 31.2 Å². The maximum Gasteiger partial charge on any atom is 0.294 e. The Morgan fingerprint density at radius 3 is 2.88 bits per heavy atom. The van der Waals surface area contributed by atoms with E-state index in [1.165, 1.54) is 0 Å². The molecular weight excluding hydrogens is 368 g/mol. The largest absolute Gasteiger partial charge is 0.491 e. The lowest BCUT2D eigenvalue weighted by molar-refractivity contribution is -0.769. The Kier molecular flexibility index (Phi) is 7.42. The molecule has 146 valence electrons. The molecule has 26 heavy (non-hydrogen) atoms. The minimum Gasteiger partial charge on any atom is -0.491 e. The molecule has 10 heteroatoms. The number of aliphatic hydroxyl groups is 1. The molecule has 1 unspecified atom stereocenters. The summed E-state index contributed by atoms with van der Waals surface area (Å²) in [5, 5.41) is 22.9. The fourth-order valence-corrected chi connectivity index (χ4v) is 3.08. The van der Waals surface area contributed by atoms with Crippen LogP contribution in [-0.4, -0.2) is 67.0 Å². The average molecular weight is 391 g/mol. The fraction of sp³-hybridized carbons (Fsp3) is 0.625. The van der Waals surface area contributed by atoms with E-state index < -0.39 is 23.4 Å². The number of aliphatic hydroxyl groups excluding tert-OH is 1. The third-order valence-corrected chi connectivity index (χ3v) is 4.28. The Hall–Kier alpha value is -1.65. The van der Waals surface area contributed by atoms with Gasteiger partial charge in [0.25, 0.3) is 5.09 Å². The maximum atomic E-state index is 10.5. The topological polar surface area (TPSA) is 112 Å². The lowest BCUT2D eigenvalue weighted by Crippen LogP contribution is -2.45. The minimum atomic E-state index is -0.826. The van der Waals surface area contributed by atoms with Gasteiger partial charge in [0.15, 0.2) is 6.10 Å². The molecule has 2 aliphatic rings. The predicted octanol–water partition coefficient (Wildman–Crippen LogP) is 0.489. The zero-order valence-electron chi connectivity index (χ0n) is 14.3. The molecule has 2 heterocycles. The van der Waals surface area contributed by atoms with Crippen molar-refractivity contribution < 1.29 is 29.2 Å². The summed E-state index contributed by atoms with van der Waals surface area (Å²) in [7, 11) is 0. The van der Waals surface area contributed by atoms with E-state index in [0.717, 1.165) is 5.56 Å². The van der Waals surface area contributed by atoms with Crippen molar-refractivity contribution in [1.82, 2.24) is 5.32 Å². The van der Waals surface area contributed by atoms with Gasteiger partial charge >= 0.3 is 0 Å². The van der Waals surface area contributed by atoms with Crippen LogP contribution in [0.25, 0.3) is 0 Å². The van der Waals surface area contributed by atoms with Gasteiger partial charge in [-0.2, -0.15) is 0 Å². The molecule has 9 nitrogen and oxygen atoms in total. The SMILES string of the molecule is Cc1cccc(OCC(O)CN[C@H]2CO[C@H]3[C@@H]2OC[C@@H]3O[N+](=O)[O-])c1.Cl. The number of halogens is 1. The number of hydrogen-bond acceptors (Lipinski definition) is 8. The van der Waals surface area contributed by atoms with Gasteiger partial charge in [-0.1, -0.05) is 12.1 Å². The highest BCUT2D eigenvalue weighted by molar-refractivity contribution is 5.85. The molecule has 2 N–H and O–H groups in total. The summed E-state index contributed by atoms with van der Waals surface area (Å²) in [5.41, 5.74) is 1.09. The molecule has 2 aliphatic heterocycles. The summed E-state index contributed by atoms with van der Waals surface area (Å²) in [6.07, 6.45) is -2.20. The first kappa shape index (κ1) is 20.7. The van der Waals surface area contributed by atoms with Gasteiger partial charge in [-0.05, 0) is 24.6 Å². The number of nitrogens with one attached hydrogen (secondary N) is 1. The van der Waals surface area contributed by atoms with E-state index in [9.17, 15) is 15.2 Å². The molecule has 1 aromatic carbocycles. The molecular formula is C16H23ClN2O7. The van der Waals surface area contributed by atoms with Crippen LogP contribution >= 0.6 is 12.4 Å². The standard InChI is InChI=1S/C16H22N2O7.ClH/c1-10-3-2-4-12(5-10)22-7-11(19)6-17-13-8-23-16-14(25-18(20)21)9-24-15(13)16;/h2-5,11,13-17,19H,6-9H2,1H3;1H/t11?,13-,14-,15+,16+;/m0./s1. The Bertz CT molecular complexity index is 606. The van der Waals surface area contributed by atoms with Crippen molar-refractivity contribution in [2.24, 2.45) is 0 Å². The summed E-state index contributed by atoms with van der Waals surface area (Å²) in [4.78, 5) is 15.0. The highest BCUT2D eigenvalue weighted by Crippen LogP contribution is 2.28. The summed E-state index contributed by atoms with van der Waals surface area (Å²) in [6, 6.07) is 7.45. The van der Waals surface area contributed by atoms with E-state index in [-0.39, 0.29) is 37.8 Å². The van der Waals surface area contributed by atoms with Crippen molar-refractivity contribution in [3.63, 3.8) is 0 Å². The van der Waals surface area contributed by atoms with Gasteiger partial charge in [-0.3, -0.25) is 0 Å². The lowest BCUT2D eigenvalue weighted by atomic mass is 10.1. The third kappa shape index (κ3) is 5.18. The van der Waals surface area contributed by atoms with Crippen LogP contribution in [0.2, 0.25) is 0 Å². The van der Waals surface area contributed by atoms with Gasteiger partial charge in [0.2, 0.25) is 0 Å². The summed E-state index contributed by atoms with van der Waals surface area (Å²) < 4.78 is 16.7. The smallest absolute Gasteiger partial charge is 0.294 e. The molecule has 1 aromatic rings. The molecule has 2 fully saturated rings. The zero-order chi connectivity index (χ0) is 17.8. The van der Waals surface area contributed by atoms with Crippen molar-refractivity contribution in [3.05, 3.63) is 39.9 Å². The number of aryl methyl sites for hydroxylation is 1. The van der Waals surface area contributed by atoms with Crippen LogP contribution in [-0.2, 0) is 14.3 Å². The van der Waals surface area contributed by atoms with Crippen LogP contribution in [0.5, 0.6) is 5.75 Å². The number of ether oxygens (including phenoxy) is 3. The van der Waals surface area contributed by atoms with Gasteiger partial charge in [-0.25, -0.2) is 0 Å². The maximum absolute atomic E-state index is 10.5. The van der Waals surface area contributed by atoms with E-state index in [1.54, 1.807) is 0 Å². The fourth-order valence-electron chi connectivity index (χ4n) is 3.08. The van der Waals surface area contributed by atoms with Gasteiger partial charge in [0.1, 0.15) is 30.7 Å². The van der Waals surface area contributed by atoms with Gasteiger partial charge < -0.3 is 29.5 Å². The molecule has 0 amide bonds. The van der Waals surface area contributed by atoms with Crippen molar-refractivity contribution in [2.45, 2.75) is 37.4 Å². The molecule has 0 aliphatic carbocycles. The Labute approximate surface area is 157 Å². The van der Waals surface area contributed by atoms with Crippen LogP contribution < -0.4 is 10.1 Å². The minimum absolute atomic E-state index is 0. The molecule has 2 saturated heterocycles. The van der Waals surface area contributed by atoms with Crippen molar-refractivity contribution in [3.8, 4) is 5.75 Å². The van der Waals surface area contributed by atoms with Gasteiger partial charge in [0, 0.05) is 6.54 Å². The first-order valence-corrected chi connectivity index (χ1v) is 8.18. The quantitative estimate of drug-likeness (QED) is 0.487. The van der Waals surface area contributed by atoms with Crippen LogP contribution in [0.4, 0.5) is 0 Å². The molecule has 5 atom stereocenters. The first-order valence-electron chi connectivity index (χ1n) is 8.18. The van der Waals surface area contributed by atoms with E-state index in [4.69, 9.17) is 14.2 Å². The highest BCUT2D eigenvalue weighted by atomic mass is 35.5. The number of rotatable bonds is 8. The second kappa shape index (κ2) is 9.33. The van der Waals surface area contributed by atoms with Crippen molar-refractivity contribution >= 4 is 12.4 Å². The van der Waals surface area contributed by atoms with E-state index in [2.05, 4.69) is 10.2 Å². The molecule has 0 bridgehead atoms. The first-order chi connectivity index (χ1) is 12.0. The Morgan fingerprint density at radius 2 is 2.15 bits per heavy atom. The van der Waals surface area contributed by atoms with Gasteiger partial charge in [-0.15, -0.1) is 22.5 Å². The molecule has 0 spiro atoms. The number of benzene rings is 1. The molecule has 0 saturated carbocycles. The average Bonchev–Trinajstić information content (AvgIpc) is 3.14. The molecule has 0 radical (unpaired) electrons. The van der Waals surface area contributed by atoms with Gasteiger partial charge in [0.05, 0.1) is 19.3 Å². The molecule has 3 rings (SSSR count). The number of nitrogens with zero attached hydrogens (tertiary/aromatic N) is 1. The summed E-state index contributed by atoms with van der Waals surface area (Å²) in [5.74, 6) is 0.710. The predicted molar refractivity (Wildman–Crippen MR) is 93.1 cm³/mol. The van der Waals surface area contributed by atoms with Crippen molar-refractivity contribution in [2.75, 3.05) is 26.4 Å². The van der Waals surface area contributed by atoms with E-state index in [0.29, 0.717) is 18.9 Å². The lowest BCUT2D eigenvalue weighted by Gasteiger charge is -2.20. The normalized spacial score (nSPS) is 28.1. The van der Waals surface area contributed by atoms with Crippen LogP contribution in [0, 0.1) is 17.0 Å². The van der Waals surface area contributed by atoms with Crippen LogP contribution in [0.1, 0.15) is 5.56 Å². The number of fused-ring (bicyclic) bond motifs is 1. The molecule has 0 aromatic heterocycles. The Balaban J connectivity index is 0.00000243. The van der Waals surface area contributed by atoms with Crippen LogP contribution in [0.15, 0.2) is 24.3 Å². The summed E-state index contributed by atoms with van der Waals surface area (Å²) >= 11 is 0.